The summed E-state index contributed by atoms with van der Waals surface area (Å²) in [6, 6.07) is 0. The van der Waals surface area contributed by atoms with Crippen molar-refractivity contribution >= 4 is 11.6 Å². The standard InChI is InChI=1S/C6H13ClFN/c7-3-1-2-5-9-6-4-8/h9H,1-6H2. The Morgan fingerprint density at radius 2 is 2.00 bits per heavy atom. The van der Waals surface area contributed by atoms with E-state index in [9.17, 15) is 4.39 Å². The van der Waals surface area contributed by atoms with Crippen molar-refractivity contribution in [3.63, 3.8) is 0 Å². The molecule has 1 nitrogen and oxygen atoms in total. The van der Waals surface area contributed by atoms with Gasteiger partial charge < -0.3 is 5.32 Å². The van der Waals surface area contributed by atoms with Crippen LogP contribution in [0.25, 0.3) is 0 Å². The van der Waals surface area contributed by atoms with Crippen LogP contribution in [0.1, 0.15) is 12.8 Å². The van der Waals surface area contributed by atoms with Crippen molar-refractivity contribution in [3.8, 4) is 0 Å². The molecule has 0 saturated heterocycles. The monoisotopic (exact) mass is 153 g/mol. The highest BCUT2D eigenvalue weighted by Gasteiger charge is 1.85. The van der Waals surface area contributed by atoms with Gasteiger partial charge in [-0.2, -0.15) is 0 Å². The number of hydrogen-bond acceptors (Lipinski definition) is 1. The van der Waals surface area contributed by atoms with E-state index in [-0.39, 0.29) is 6.67 Å². The van der Waals surface area contributed by atoms with Crippen molar-refractivity contribution < 1.29 is 4.39 Å². The molecule has 0 spiro atoms. The maximum Gasteiger partial charge on any atom is 0.102 e. The Bertz CT molecular complexity index is 46.3. The van der Waals surface area contributed by atoms with Gasteiger partial charge in [0.2, 0.25) is 0 Å². The molecule has 0 rings (SSSR count). The molecule has 0 aromatic heterocycles. The number of rotatable bonds is 6. The van der Waals surface area contributed by atoms with Gasteiger partial charge in [0.05, 0.1) is 0 Å². The zero-order valence-corrected chi connectivity index (χ0v) is 6.25. The first kappa shape index (κ1) is 9.18. The summed E-state index contributed by atoms with van der Waals surface area (Å²) in [5, 5.41) is 2.94. The quantitative estimate of drug-likeness (QED) is 0.451. The highest BCUT2D eigenvalue weighted by Crippen LogP contribution is 1.88. The third-order valence-electron chi connectivity index (χ3n) is 1.01. The maximum absolute atomic E-state index is 11.4. The third kappa shape index (κ3) is 8.18. The molecule has 0 bridgehead atoms. The molecule has 0 aromatic rings. The fourth-order valence-corrected chi connectivity index (χ4v) is 0.725. The van der Waals surface area contributed by atoms with E-state index < -0.39 is 0 Å². The van der Waals surface area contributed by atoms with Gasteiger partial charge in [0.15, 0.2) is 0 Å². The molecule has 9 heavy (non-hydrogen) atoms. The molecule has 0 heterocycles. The molecular formula is C6H13ClFN. The lowest BCUT2D eigenvalue weighted by Gasteiger charge is -1.98. The van der Waals surface area contributed by atoms with E-state index >= 15 is 0 Å². The van der Waals surface area contributed by atoms with Gasteiger partial charge in [-0.25, -0.2) is 4.39 Å². The van der Waals surface area contributed by atoms with Crippen LogP contribution in [0.15, 0.2) is 0 Å². The first-order chi connectivity index (χ1) is 4.41. The van der Waals surface area contributed by atoms with E-state index in [2.05, 4.69) is 5.32 Å². The summed E-state index contributed by atoms with van der Waals surface area (Å²) in [6.07, 6.45) is 2.06. The lowest BCUT2D eigenvalue weighted by atomic mass is 10.3. The number of nitrogens with one attached hydrogen (secondary N) is 1. The van der Waals surface area contributed by atoms with E-state index in [0.717, 1.165) is 19.4 Å². The minimum atomic E-state index is -0.277. The Hall–Kier alpha value is 0.180. The van der Waals surface area contributed by atoms with Crippen LogP contribution < -0.4 is 5.32 Å². The molecule has 0 saturated carbocycles. The van der Waals surface area contributed by atoms with Crippen LogP contribution in [0, 0.1) is 0 Å². The van der Waals surface area contributed by atoms with E-state index in [0.29, 0.717) is 12.4 Å². The highest BCUT2D eigenvalue weighted by molar-refractivity contribution is 6.17. The van der Waals surface area contributed by atoms with Crippen LogP contribution in [0.2, 0.25) is 0 Å². The van der Waals surface area contributed by atoms with Gasteiger partial charge in [0.1, 0.15) is 6.67 Å². The molecule has 0 atom stereocenters. The van der Waals surface area contributed by atoms with Gasteiger partial charge in [0.25, 0.3) is 0 Å². The molecule has 0 aliphatic carbocycles. The Morgan fingerprint density at radius 1 is 1.22 bits per heavy atom. The van der Waals surface area contributed by atoms with Gasteiger partial charge in [-0.1, -0.05) is 0 Å². The lowest BCUT2D eigenvalue weighted by molar-refractivity contribution is 0.464. The summed E-state index contributed by atoms with van der Waals surface area (Å²) in [6.45, 7) is 1.08. The first-order valence-corrected chi connectivity index (χ1v) is 3.78. The fraction of sp³-hybridized carbons (Fsp3) is 1.00. The van der Waals surface area contributed by atoms with Crippen LogP contribution in [-0.4, -0.2) is 25.6 Å². The van der Waals surface area contributed by atoms with Crippen LogP contribution in [0.3, 0.4) is 0 Å². The molecule has 0 amide bonds. The molecule has 0 unspecified atom stereocenters. The van der Waals surface area contributed by atoms with Crippen LogP contribution in [-0.2, 0) is 0 Å². The second-order valence-corrected chi connectivity index (χ2v) is 2.21. The van der Waals surface area contributed by atoms with Crippen molar-refractivity contribution in [2.75, 3.05) is 25.6 Å². The Balaban J connectivity index is 2.60. The van der Waals surface area contributed by atoms with Crippen molar-refractivity contribution in [2.24, 2.45) is 0 Å². The Morgan fingerprint density at radius 3 is 2.56 bits per heavy atom. The summed E-state index contributed by atoms with van der Waals surface area (Å²) in [5.74, 6) is 0.706. The average Bonchev–Trinajstić information content (AvgIpc) is 1.89. The maximum atomic E-state index is 11.4. The molecule has 1 N–H and O–H groups in total. The van der Waals surface area contributed by atoms with Gasteiger partial charge in [-0.3, -0.25) is 0 Å². The van der Waals surface area contributed by atoms with Crippen molar-refractivity contribution in [1.82, 2.24) is 5.32 Å². The van der Waals surface area contributed by atoms with Crippen LogP contribution >= 0.6 is 11.6 Å². The molecule has 0 aromatic carbocycles. The summed E-state index contributed by atoms with van der Waals surface area (Å²) in [7, 11) is 0. The fourth-order valence-electron chi connectivity index (χ4n) is 0.536. The summed E-state index contributed by atoms with van der Waals surface area (Å²) < 4.78 is 11.4. The van der Waals surface area contributed by atoms with Gasteiger partial charge in [-0.15, -0.1) is 11.6 Å². The molecular weight excluding hydrogens is 141 g/mol. The first-order valence-electron chi connectivity index (χ1n) is 3.24. The summed E-state index contributed by atoms with van der Waals surface area (Å²) in [5.41, 5.74) is 0. The van der Waals surface area contributed by atoms with E-state index in [4.69, 9.17) is 11.6 Å². The second-order valence-electron chi connectivity index (χ2n) is 1.84. The molecule has 0 radical (unpaired) electrons. The lowest BCUT2D eigenvalue weighted by Crippen LogP contribution is -2.17. The molecule has 3 heteroatoms. The number of hydrogen-bond donors (Lipinski definition) is 1. The summed E-state index contributed by atoms with van der Waals surface area (Å²) in [4.78, 5) is 0. The van der Waals surface area contributed by atoms with Crippen molar-refractivity contribution in [1.29, 1.82) is 0 Å². The van der Waals surface area contributed by atoms with Crippen LogP contribution in [0.4, 0.5) is 4.39 Å². The molecule has 0 aliphatic heterocycles. The average molecular weight is 154 g/mol. The zero-order valence-electron chi connectivity index (χ0n) is 5.50. The van der Waals surface area contributed by atoms with Gasteiger partial charge in [0, 0.05) is 12.4 Å². The van der Waals surface area contributed by atoms with Crippen molar-refractivity contribution in [2.45, 2.75) is 12.8 Å². The topological polar surface area (TPSA) is 12.0 Å². The van der Waals surface area contributed by atoms with Crippen LogP contribution in [0.5, 0.6) is 0 Å². The SMILES string of the molecule is FCCNCCCCCl. The van der Waals surface area contributed by atoms with Gasteiger partial charge in [-0.05, 0) is 19.4 Å². The predicted octanol–water partition coefficient (Wildman–Crippen LogP) is 1.56. The molecule has 0 fully saturated rings. The van der Waals surface area contributed by atoms with Crippen molar-refractivity contribution in [3.05, 3.63) is 0 Å². The number of unbranched alkanes of at least 4 members (excludes halogenated alkanes) is 1. The number of halogens is 2. The predicted molar refractivity (Wildman–Crippen MR) is 38.8 cm³/mol. The minimum Gasteiger partial charge on any atom is -0.314 e. The number of alkyl halides is 2. The third-order valence-corrected chi connectivity index (χ3v) is 1.28. The Labute approximate surface area is 60.6 Å². The smallest absolute Gasteiger partial charge is 0.102 e. The van der Waals surface area contributed by atoms with E-state index in [1.807, 2.05) is 0 Å². The van der Waals surface area contributed by atoms with Gasteiger partial charge >= 0.3 is 0 Å². The highest BCUT2D eigenvalue weighted by atomic mass is 35.5. The minimum absolute atomic E-state index is 0.277. The van der Waals surface area contributed by atoms with E-state index in [1.54, 1.807) is 0 Å². The normalized spacial score (nSPS) is 10.0. The largest absolute Gasteiger partial charge is 0.314 e. The molecule has 56 valence electrons. The summed E-state index contributed by atoms with van der Waals surface area (Å²) >= 11 is 5.41. The Kier molecular flexibility index (Phi) is 8.34. The second kappa shape index (κ2) is 8.18. The zero-order chi connectivity index (χ0) is 6.95. The molecule has 0 aliphatic rings. The van der Waals surface area contributed by atoms with E-state index in [1.165, 1.54) is 0 Å².